The van der Waals surface area contributed by atoms with E-state index in [0.29, 0.717) is 6.04 Å². The Hall–Kier alpha value is 0.0700. The summed E-state index contributed by atoms with van der Waals surface area (Å²) in [5, 5.41) is 3.52. The van der Waals surface area contributed by atoms with Gasteiger partial charge in [-0.25, -0.2) is 0 Å². The van der Waals surface area contributed by atoms with Gasteiger partial charge in [0, 0.05) is 42.1 Å². The number of unbranched alkanes of at least 4 members (excludes halogenated alkanes) is 1. The second-order valence-corrected chi connectivity index (χ2v) is 7.03. The van der Waals surface area contributed by atoms with Crippen molar-refractivity contribution in [3.05, 3.63) is 0 Å². The van der Waals surface area contributed by atoms with Gasteiger partial charge in [-0.2, -0.15) is 0 Å². The summed E-state index contributed by atoms with van der Waals surface area (Å²) in [7, 11) is -0.650. The minimum atomic E-state index is -0.650. The van der Waals surface area contributed by atoms with Gasteiger partial charge in [0.25, 0.3) is 0 Å². The molecule has 1 rings (SSSR count). The first kappa shape index (κ1) is 16.1. The largest absolute Gasteiger partial charge is 0.381 e. The molecule has 2 atom stereocenters. The van der Waals surface area contributed by atoms with E-state index in [2.05, 4.69) is 12.2 Å². The Balaban J connectivity index is 1.89. The molecule has 1 heterocycles. The lowest BCUT2D eigenvalue weighted by Crippen LogP contribution is -2.28. The lowest BCUT2D eigenvalue weighted by atomic mass is 9.94. The van der Waals surface area contributed by atoms with Crippen molar-refractivity contribution in [1.82, 2.24) is 5.32 Å². The van der Waals surface area contributed by atoms with E-state index in [9.17, 15) is 4.21 Å². The zero-order valence-corrected chi connectivity index (χ0v) is 12.8. The van der Waals surface area contributed by atoms with Crippen LogP contribution < -0.4 is 5.32 Å². The zero-order chi connectivity index (χ0) is 13.2. The van der Waals surface area contributed by atoms with Crippen molar-refractivity contribution in [1.29, 1.82) is 0 Å². The quantitative estimate of drug-likeness (QED) is 0.656. The maximum atomic E-state index is 11.0. The maximum Gasteiger partial charge on any atom is 0.0468 e. The third-order valence-corrected chi connectivity index (χ3v) is 4.52. The van der Waals surface area contributed by atoms with Gasteiger partial charge in [0.15, 0.2) is 0 Å². The Labute approximate surface area is 115 Å². The van der Waals surface area contributed by atoms with Crippen molar-refractivity contribution >= 4 is 10.8 Å². The molecule has 0 saturated carbocycles. The SMILES string of the molecule is CC(CCS(C)=O)NCCCCC1CCOCC1. The number of ether oxygens (including phenoxy) is 1. The number of hydrogen-bond acceptors (Lipinski definition) is 3. The maximum absolute atomic E-state index is 11.0. The molecule has 1 fully saturated rings. The van der Waals surface area contributed by atoms with Gasteiger partial charge in [0.2, 0.25) is 0 Å². The van der Waals surface area contributed by atoms with Crippen LogP contribution >= 0.6 is 0 Å². The van der Waals surface area contributed by atoms with Crippen LogP contribution in [0.1, 0.15) is 45.4 Å². The predicted molar refractivity (Wildman–Crippen MR) is 78.4 cm³/mol. The van der Waals surface area contributed by atoms with Gasteiger partial charge in [0.1, 0.15) is 0 Å². The predicted octanol–water partition coefficient (Wildman–Crippen LogP) is 2.33. The summed E-state index contributed by atoms with van der Waals surface area (Å²) < 4.78 is 16.3. The van der Waals surface area contributed by atoms with E-state index in [4.69, 9.17) is 4.74 Å². The molecular formula is C14H29NO2S. The topological polar surface area (TPSA) is 38.3 Å². The number of hydrogen-bond donors (Lipinski definition) is 1. The number of nitrogens with one attached hydrogen (secondary N) is 1. The second kappa shape index (κ2) is 9.93. The molecule has 1 aliphatic heterocycles. The van der Waals surface area contributed by atoms with Crippen molar-refractivity contribution in [3.8, 4) is 0 Å². The van der Waals surface area contributed by atoms with Gasteiger partial charge < -0.3 is 10.1 Å². The Morgan fingerprint density at radius 2 is 2.06 bits per heavy atom. The van der Waals surface area contributed by atoms with E-state index >= 15 is 0 Å². The summed E-state index contributed by atoms with van der Waals surface area (Å²) in [4.78, 5) is 0. The summed E-state index contributed by atoms with van der Waals surface area (Å²) >= 11 is 0. The van der Waals surface area contributed by atoms with Crippen LogP contribution in [0, 0.1) is 5.92 Å². The van der Waals surface area contributed by atoms with E-state index in [1.165, 1.54) is 32.1 Å². The van der Waals surface area contributed by atoms with Gasteiger partial charge in [-0.15, -0.1) is 0 Å². The van der Waals surface area contributed by atoms with Crippen molar-refractivity contribution in [3.63, 3.8) is 0 Å². The van der Waals surface area contributed by atoms with Gasteiger partial charge in [-0.1, -0.05) is 12.8 Å². The smallest absolute Gasteiger partial charge is 0.0468 e. The van der Waals surface area contributed by atoms with E-state index < -0.39 is 10.8 Å². The summed E-state index contributed by atoms with van der Waals surface area (Å²) in [6.45, 7) is 5.22. The average molecular weight is 275 g/mol. The highest BCUT2D eigenvalue weighted by Gasteiger charge is 2.12. The summed E-state index contributed by atoms with van der Waals surface area (Å²) in [5.41, 5.74) is 0. The van der Waals surface area contributed by atoms with Crippen molar-refractivity contribution in [2.45, 2.75) is 51.5 Å². The van der Waals surface area contributed by atoms with Crippen LogP contribution in [0.3, 0.4) is 0 Å². The van der Waals surface area contributed by atoms with Crippen molar-refractivity contribution < 1.29 is 8.95 Å². The van der Waals surface area contributed by atoms with Crippen LogP contribution in [-0.2, 0) is 15.5 Å². The normalized spacial score (nSPS) is 20.8. The van der Waals surface area contributed by atoms with Gasteiger partial charge in [0.05, 0.1) is 0 Å². The Morgan fingerprint density at radius 1 is 1.33 bits per heavy atom. The van der Waals surface area contributed by atoms with Crippen LogP contribution in [0.15, 0.2) is 0 Å². The van der Waals surface area contributed by atoms with Gasteiger partial charge in [-0.3, -0.25) is 4.21 Å². The minimum Gasteiger partial charge on any atom is -0.381 e. The fourth-order valence-corrected chi connectivity index (χ4v) is 3.07. The Bertz CT molecular complexity index is 230. The molecule has 0 aromatic heterocycles. The molecule has 1 saturated heterocycles. The monoisotopic (exact) mass is 275 g/mol. The van der Waals surface area contributed by atoms with Gasteiger partial charge >= 0.3 is 0 Å². The molecule has 3 nitrogen and oxygen atoms in total. The van der Waals surface area contributed by atoms with E-state index in [-0.39, 0.29) is 0 Å². The molecule has 0 amide bonds. The molecule has 0 aliphatic carbocycles. The fourth-order valence-electron chi connectivity index (χ4n) is 2.39. The minimum absolute atomic E-state index is 0.497. The van der Waals surface area contributed by atoms with Crippen LogP contribution in [0.5, 0.6) is 0 Å². The Kier molecular flexibility index (Phi) is 8.90. The molecule has 0 bridgehead atoms. The highest BCUT2D eigenvalue weighted by Crippen LogP contribution is 2.20. The van der Waals surface area contributed by atoms with Crippen LogP contribution in [0.4, 0.5) is 0 Å². The third-order valence-electron chi connectivity index (χ3n) is 3.71. The lowest BCUT2D eigenvalue weighted by Gasteiger charge is -2.21. The molecule has 0 radical (unpaired) electrons. The standard InChI is InChI=1S/C14H29NO2S/c1-13(8-12-18(2)16)15-9-4-3-5-14-6-10-17-11-7-14/h13-15H,3-12H2,1-2H3. The molecule has 0 spiro atoms. The average Bonchev–Trinajstić information content (AvgIpc) is 2.37. The molecule has 1 aliphatic rings. The fraction of sp³-hybridized carbons (Fsp3) is 1.00. The number of rotatable bonds is 9. The molecule has 0 aromatic rings. The lowest BCUT2D eigenvalue weighted by molar-refractivity contribution is 0.0631. The van der Waals surface area contributed by atoms with E-state index in [1.807, 2.05) is 0 Å². The molecule has 2 unspecified atom stereocenters. The Morgan fingerprint density at radius 3 is 2.72 bits per heavy atom. The highest BCUT2D eigenvalue weighted by molar-refractivity contribution is 7.84. The molecular weight excluding hydrogens is 246 g/mol. The molecule has 4 heteroatoms. The second-order valence-electron chi connectivity index (χ2n) is 5.47. The van der Waals surface area contributed by atoms with Crippen molar-refractivity contribution in [2.24, 2.45) is 5.92 Å². The molecule has 18 heavy (non-hydrogen) atoms. The summed E-state index contributed by atoms with van der Waals surface area (Å²) in [6.07, 6.45) is 9.25. The molecule has 0 aromatic carbocycles. The van der Waals surface area contributed by atoms with Crippen molar-refractivity contribution in [2.75, 3.05) is 31.8 Å². The van der Waals surface area contributed by atoms with Crippen LogP contribution in [0.2, 0.25) is 0 Å². The van der Waals surface area contributed by atoms with E-state index in [0.717, 1.165) is 37.9 Å². The first-order chi connectivity index (χ1) is 8.68. The van der Waals surface area contributed by atoms with Crippen LogP contribution in [0.25, 0.3) is 0 Å². The van der Waals surface area contributed by atoms with E-state index in [1.54, 1.807) is 6.26 Å². The zero-order valence-electron chi connectivity index (χ0n) is 12.0. The third kappa shape index (κ3) is 8.22. The first-order valence-electron chi connectivity index (χ1n) is 7.29. The van der Waals surface area contributed by atoms with Gasteiger partial charge in [-0.05, 0) is 45.1 Å². The summed E-state index contributed by atoms with van der Waals surface area (Å²) in [5.74, 6) is 1.72. The molecule has 1 N–H and O–H groups in total. The highest BCUT2D eigenvalue weighted by atomic mass is 32.2. The summed E-state index contributed by atoms with van der Waals surface area (Å²) in [6, 6.07) is 0.497. The molecule has 108 valence electrons. The van der Waals surface area contributed by atoms with Crippen LogP contribution in [-0.4, -0.2) is 42.0 Å². The first-order valence-corrected chi connectivity index (χ1v) is 9.02.